The van der Waals surface area contributed by atoms with Crippen LogP contribution in [0.1, 0.15) is 60.3 Å². The van der Waals surface area contributed by atoms with E-state index in [2.05, 4.69) is 34.6 Å². The molecule has 14 heavy (non-hydrogen) atoms. The van der Waals surface area contributed by atoms with Gasteiger partial charge in [0.25, 0.3) is 0 Å². The fourth-order valence-electron chi connectivity index (χ4n) is 2.91. The van der Waals surface area contributed by atoms with Crippen LogP contribution >= 0.6 is 0 Å². The van der Waals surface area contributed by atoms with Gasteiger partial charge in [-0.1, -0.05) is 45.3 Å². The zero-order valence-electron chi connectivity index (χ0n) is 10.6. The SMILES string of the molecule is CC1=C(C(C)C)CCCCC1C(C)C. The van der Waals surface area contributed by atoms with Crippen LogP contribution in [0.3, 0.4) is 0 Å². The zero-order chi connectivity index (χ0) is 10.7. The Bertz CT molecular complexity index is 208. The lowest BCUT2D eigenvalue weighted by Gasteiger charge is -2.23. The number of rotatable bonds is 2. The van der Waals surface area contributed by atoms with Crippen molar-refractivity contribution in [3.05, 3.63) is 11.1 Å². The minimum atomic E-state index is 0.759. The molecular weight excluding hydrogens is 168 g/mol. The summed E-state index contributed by atoms with van der Waals surface area (Å²) in [6, 6.07) is 0. The molecule has 1 aliphatic rings. The molecule has 0 fully saturated rings. The monoisotopic (exact) mass is 194 g/mol. The second-order valence-corrected chi connectivity index (χ2v) is 5.46. The molecule has 0 saturated carbocycles. The van der Waals surface area contributed by atoms with Crippen molar-refractivity contribution in [2.24, 2.45) is 17.8 Å². The zero-order valence-corrected chi connectivity index (χ0v) is 10.6. The summed E-state index contributed by atoms with van der Waals surface area (Å²) >= 11 is 0. The van der Waals surface area contributed by atoms with Gasteiger partial charge in [0.15, 0.2) is 0 Å². The standard InChI is InChI=1S/C14H26/c1-10(2)13-8-6-7-9-14(11(3)4)12(13)5/h10-11,13H,6-9H2,1-5H3. The molecule has 1 atom stereocenters. The average molecular weight is 194 g/mol. The minimum absolute atomic E-state index is 0.759. The molecule has 0 spiro atoms. The molecule has 0 bridgehead atoms. The molecule has 0 amide bonds. The third-order valence-electron chi connectivity index (χ3n) is 3.78. The van der Waals surface area contributed by atoms with Crippen molar-refractivity contribution in [3.63, 3.8) is 0 Å². The van der Waals surface area contributed by atoms with Crippen LogP contribution in [0.2, 0.25) is 0 Å². The highest BCUT2D eigenvalue weighted by molar-refractivity contribution is 5.18. The Morgan fingerprint density at radius 3 is 2.21 bits per heavy atom. The lowest BCUT2D eigenvalue weighted by molar-refractivity contribution is 0.407. The van der Waals surface area contributed by atoms with Gasteiger partial charge in [-0.3, -0.25) is 0 Å². The van der Waals surface area contributed by atoms with Crippen molar-refractivity contribution in [1.29, 1.82) is 0 Å². The summed E-state index contributed by atoms with van der Waals surface area (Å²) in [4.78, 5) is 0. The Labute approximate surface area is 89.8 Å². The number of hydrogen-bond acceptors (Lipinski definition) is 0. The van der Waals surface area contributed by atoms with Gasteiger partial charge >= 0.3 is 0 Å². The molecule has 1 aliphatic carbocycles. The smallest absolute Gasteiger partial charge is 0.0180 e. The lowest BCUT2D eigenvalue weighted by Crippen LogP contribution is -2.11. The fraction of sp³-hybridized carbons (Fsp3) is 0.857. The first-order chi connectivity index (χ1) is 6.54. The first-order valence-corrected chi connectivity index (χ1v) is 6.23. The molecule has 0 aromatic rings. The predicted molar refractivity (Wildman–Crippen MR) is 64.3 cm³/mol. The summed E-state index contributed by atoms with van der Waals surface area (Å²) in [5.74, 6) is 2.44. The second kappa shape index (κ2) is 5.00. The Morgan fingerprint density at radius 2 is 1.71 bits per heavy atom. The Hall–Kier alpha value is -0.260. The average Bonchev–Trinajstić information content (AvgIpc) is 2.26. The van der Waals surface area contributed by atoms with Crippen LogP contribution in [0.4, 0.5) is 0 Å². The summed E-state index contributed by atoms with van der Waals surface area (Å²) in [5, 5.41) is 0. The van der Waals surface area contributed by atoms with E-state index in [0.717, 1.165) is 17.8 Å². The lowest BCUT2D eigenvalue weighted by atomic mass is 9.82. The molecule has 0 radical (unpaired) electrons. The second-order valence-electron chi connectivity index (χ2n) is 5.46. The molecule has 0 aromatic carbocycles. The van der Waals surface area contributed by atoms with E-state index >= 15 is 0 Å². The van der Waals surface area contributed by atoms with E-state index in [1.807, 2.05) is 0 Å². The summed E-state index contributed by atoms with van der Waals surface area (Å²) in [7, 11) is 0. The van der Waals surface area contributed by atoms with Crippen molar-refractivity contribution in [2.75, 3.05) is 0 Å². The molecule has 0 saturated heterocycles. The first kappa shape index (κ1) is 11.8. The maximum absolute atomic E-state index is 2.38. The fourth-order valence-corrected chi connectivity index (χ4v) is 2.91. The third kappa shape index (κ3) is 2.62. The molecule has 1 rings (SSSR count). The Balaban J connectivity index is 2.90. The van der Waals surface area contributed by atoms with Crippen molar-refractivity contribution in [2.45, 2.75) is 60.3 Å². The highest BCUT2D eigenvalue weighted by Gasteiger charge is 2.21. The van der Waals surface area contributed by atoms with E-state index in [0.29, 0.717) is 0 Å². The van der Waals surface area contributed by atoms with E-state index in [1.165, 1.54) is 25.7 Å². The Kier molecular flexibility index (Phi) is 4.22. The van der Waals surface area contributed by atoms with E-state index < -0.39 is 0 Å². The maximum atomic E-state index is 2.38. The van der Waals surface area contributed by atoms with Crippen LogP contribution in [-0.2, 0) is 0 Å². The normalized spacial score (nSPS) is 24.6. The van der Waals surface area contributed by atoms with Crippen molar-refractivity contribution < 1.29 is 0 Å². The molecule has 0 heterocycles. The molecular formula is C14H26. The largest absolute Gasteiger partial charge is 0.0705 e. The highest BCUT2D eigenvalue weighted by atomic mass is 14.3. The summed E-state index contributed by atoms with van der Waals surface area (Å²) in [5.41, 5.74) is 3.47. The van der Waals surface area contributed by atoms with Gasteiger partial charge in [0.2, 0.25) is 0 Å². The maximum Gasteiger partial charge on any atom is -0.0180 e. The van der Waals surface area contributed by atoms with Crippen LogP contribution in [0.25, 0.3) is 0 Å². The van der Waals surface area contributed by atoms with Crippen LogP contribution in [0, 0.1) is 17.8 Å². The van der Waals surface area contributed by atoms with Gasteiger partial charge in [-0.25, -0.2) is 0 Å². The number of hydrogen-bond donors (Lipinski definition) is 0. The Morgan fingerprint density at radius 1 is 1.07 bits per heavy atom. The van der Waals surface area contributed by atoms with Gasteiger partial charge in [-0.05, 0) is 43.9 Å². The molecule has 82 valence electrons. The molecule has 1 unspecified atom stereocenters. The van der Waals surface area contributed by atoms with Crippen LogP contribution in [0.5, 0.6) is 0 Å². The summed E-state index contributed by atoms with van der Waals surface area (Å²) < 4.78 is 0. The van der Waals surface area contributed by atoms with E-state index in [9.17, 15) is 0 Å². The van der Waals surface area contributed by atoms with Crippen LogP contribution in [-0.4, -0.2) is 0 Å². The number of allylic oxidation sites excluding steroid dienone is 2. The van der Waals surface area contributed by atoms with E-state index in [4.69, 9.17) is 0 Å². The van der Waals surface area contributed by atoms with Crippen molar-refractivity contribution in [1.82, 2.24) is 0 Å². The molecule has 0 aliphatic heterocycles. The van der Waals surface area contributed by atoms with Crippen molar-refractivity contribution in [3.8, 4) is 0 Å². The topological polar surface area (TPSA) is 0 Å². The highest BCUT2D eigenvalue weighted by Crippen LogP contribution is 2.35. The molecule has 0 nitrogen and oxygen atoms in total. The third-order valence-corrected chi connectivity index (χ3v) is 3.78. The molecule has 0 aromatic heterocycles. The summed E-state index contributed by atoms with van der Waals surface area (Å²) in [6.45, 7) is 11.8. The van der Waals surface area contributed by atoms with Gasteiger partial charge in [0.1, 0.15) is 0 Å². The van der Waals surface area contributed by atoms with E-state index in [1.54, 1.807) is 11.1 Å². The van der Waals surface area contributed by atoms with Gasteiger partial charge < -0.3 is 0 Å². The summed E-state index contributed by atoms with van der Waals surface area (Å²) in [6.07, 6.45) is 5.61. The van der Waals surface area contributed by atoms with Gasteiger partial charge in [0.05, 0.1) is 0 Å². The quantitative estimate of drug-likeness (QED) is 0.554. The predicted octanol–water partition coefficient (Wildman–Crippen LogP) is 4.81. The molecule has 0 N–H and O–H groups in total. The van der Waals surface area contributed by atoms with E-state index in [-0.39, 0.29) is 0 Å². The van der Waals surface area contributed by atoms with Gasteiger partial charge in [-0.2, -0.15) is 0 Å². The first-order valence-electron chi connectivity index (χ1n) is 6.23. The van der Waals surface area contributed by atoms with Gasteiger partial charge in [-0.15, -0.1) is 0 Å². The van der Waals surface area contributed by atoms with Crippen molar-refractivity contribution >= 4 is 0 Å². The minimum Gasteiger partial charge on any atom is -0.0705 e. The van der Waals surface area contributed by atoms with Crippen LogP contribution < -0.4 is 0 Å². The van der Waals surface area contributed by atoms with Crippen LogP contribution in [0.15, 0.2) is 11.1 Å². The molecule has 0 heteroatoms. The van der Waals surface area contributed by atoms with Gasteiger partial charge in [0, 0.05) is 0 Å².